The van der Waals surface area contributed by atoms with Gasteiger partial charge in [-0.3, -0.25) is 4.79 Å². The fourth-order valence-electron chi connectivity index (χ4n) is 3.86. The summed E-state index contributed by atoms with van der Waals surface area (Å²) in [4.78, 5) is 30.6. The van der Waals surface area contributed by atoms with Gasteiger partial charge in [0, 0.05) is 24.6 Å². The minimum Gasteiger partial charge on any atom is -0.493 e. The van der Waals surface area contributed by atoms with Crippen molar-refractivity contribution >= 4 is 17.4 Å². The van der Waals surface area contributed by atoms with Crippen LogP contribution in [-0.4, -0.2) is 40.0 Å². The van der Waals surface area contributed by atoms with Crippen LogP contribution in [0.5, 0.6) is 5.75 Å². The minimum absolute atomic E-state index is 0.326. The molecule has 2 aromatic rings. The Morgan fingerprint density at radius 1 is 1.32 bits per heavy atom. The van der Waals surface area contributed by atoms with Gasteiger partial charge in [-0.05, 0) is 49.9 Å². The van der Waals surface area contributed by atoms with Crippen LogP contribution < -0.4 is 4.74 Å². The van der Waals surface area contributed by atoms with Crippen LogP contribution in [0.2, 0.25) is 0 Å². The summed E-state index contributed by atoms with van der Waals surface area (Å²) in [6.45, 7) is 6.68. The Labute approximate surface area is 200 Å². The first-order valence-electron chi connectivity index (χ1n) is 11.6. The van der Waals surface area contributed by atoms with Crippen molar-refractivity contribution in [2.45, 2.75) is 52.5 Å². The Hall–Kier alpha value is -3.61. The number of benzene rings is 1. The molecule has 1 N–H and O–H groups in total. The zero-order valence-corrected chi connectivity index (χ0v) is 20.0. The lowest BCUT2D eigenvalue weighted by molar-refractivity contribution is -0.149. The van der Waals surface area contributed by atoms with Gasteiger partial charge in [-0.2, -0.15) is 0 Å². The number of unbranched alkanes of at least 4 members (excludes halogenated alkanes) is 1. The molecule has 1 aliphatic heterocycles. The van der Waals surface area contributed by atoms with E-state index in [1.807, 2.05) is 26.0 Å². The number of amides is 1. The third-order valence-electron chi connectivity index (χ3n) is 5.66. The number of fused-ring (bicyclic) bond motifs is 1. The van der Waals surface area contributed by atoms with Crippen molar-refractivity contribution in [2.75, 3.05) is 13.2 Å². The van der Waals surface area contributed by atoms with Crippen LogP contribution >= 0.6 is 0 Å². The van der Waals surface area contributed by atoms with E-state index < -0.39 is 12.0 Å². The van der Waals surface area contributed by atoms with E-state index >= 15 is 0 Å². The van der Waals surface area contributed by atoms with Crippen LogP contribution in [-0.2, 0) is 22.4 Å². The largest absolute Gasteiger partial charge is 0.493 e. The molecule has 1 amide bonds. The Morgan fingerprint density at radius 3 is 2.88 bits per heavy atom. The highest BCUT2D eigenvalue weighted by molar-refractivity contribution is 5.92. The molecule has 0 fully saturated rings. The molecule has 1 aliphatic rings. The fraction of sp³-hybridized carbons (Fsp3) is 0.370. The van der Waals surface area contributed by atoms with E-state index in [0.717, 1.165) is 29.7 Å². The number of allylic oxidation sites excluding steroid dienone is 5. The summed E-state index contributed by atoms with van der Waals surface area (Å²) in [6.07, 6.45) is 13.5. The van der Waals surface area contributed by atoms with Gasteiger partial charge in [0.1, 0.15) is 12.0 Å². The second-order valence-electron chi connectivity index (χ2n) is 8.19. The molecule has 0 aliphatic carbocycles. The quantitative estimate of drug-likeness (QED) is 0.386. The minimum atomic E-state index is -1.06. The summed E-state index contributed by atoms with van der Waals surface area (Å²) in [7, 11) is 0. The highest BCUT2D eigenvalue weighted by Gasteiger charge is 2.35. The van der Waals surface area contributed by atoms with E-state index in [1.54, 1.807) is 30.6 Å². The normalized spacial score (nSPS) is 16.3. The van der Waals surface area contributed by atoms with E-state index in [1.165, 1.54) is 11.0 Å². The van der Waals surface area contributed by atoms with E-state index in [2.05, 4.69) is 18.0 Å². The van der Waals surface area contributed by atoms with Crippen molar-refractivity contribution in [3.05, 3.63) is 77.6 Å². The Kier molecular flexibility index (Phi) is 8.85. The van der Waals surface area contributed by atoms with Crippen molar-refractivity contribution in [2.24, 2.45) is 0 Å². The molecule has 0 radical (unpaired) electrons. The maximum atomic E-state index is 12.6. The van der Waals surface area contributed by atoms with Crippen molar-refractivity contribution in [1.82, 2.24) is 9.88 Å². The number of ether oxygens (including phenoxy) is 1. The van der Waals surface area contributed by atoms with Crippen molar-refractivity contribution in [3.63, 3.8) is 0 Å². The molecule has 3 rings (SSSR count). The number of aliphatic carboxylic acids is 1. The van der Waals surface area contributed by atoms with E-state index in [4.69, 9.17) is 9.15 Å². The average Bonchev–Trinajstić information content (AvgIpc) is 3.30. The summed E-state index contributed by atoms with van der Waals surface area (Å²) < 4.78 is 11.5. The highest BCUT2D eigenvalue weighted by atomic mass is 16.5. The number of aromatic nitrogens is 1. The summed E-state index contributed by atoms with van der Waals surface area (Å²) in [5.41, 5.74) is 3.31. The molecule has 1 aromatic carbocycles. The first-order valence-corrected chi connectivity index (χ1v) is 11.6. The SMILES string of the molecule is C/C=C/C=C/C(=O)N1CCc2ccc(OCCc3coc(/C(C)=C/CCC)n3)cc2C1C(=O)O. The molecule has 1 unspecified atom stereocenters. The lowest BCUT2D eigenvalue weighted by Gasteiger charge is -2.34. The second kappa shape index (κ2) is 12.0. The van der Waals surface area contributed by atoms with Gasteiger partial charge in [0.05, 0.1) is 12.3 Å². The van der Waals surface area contributed by atoms with Gasteiger partial charge in [-0.25, -0.2) is 9.78 Å². The summed E-state index contributed by atoms with van der Waals surface area (Å²) in [5.74, 6) is -0.207. The van der Waals surface area contributed by atoms with Crippen LogP contribution in [0.25, 0.3) is 5.57 Å². The Bertz CT molecular complexity index is 1100. The smallest absolute Gasteiger partial charge is 0.331 e. The first-order chi connectivity index (χ1) is 16.4. The topological polar surface area (TPSA) is 92.9 Å². The number of carbonyl (C=O) groups is 2. The number of hydrogen-bond donors (Lipinski definition) is 1. The third kappa shape index (κ3) is 6.25. The monoisotopic (exact) mass is 464 g/mol. The molecule has 2 heterocycles. The highest BCUT2D eigenvalue weighted by Crippen LogP contribution is 2.33. The predicted octanol–water partition coefficient (Wildman–Crippen LogP) is 5.14. The van der Waals surface area contributed by atoms with Gasteiger partial charge in [-0.1, -0.05) is 43.7 Å². The lowest BCUT2D eigenvalue weighted by atomic mass is 9.92. The van der Waals surface area contributed by atoms with Gasteiger partial charge in [0.2, 0.25) is 11.8 Å². The summed E-state index contributed by atoms with van der Waals surface area (Å²) >= 11 is 0. The number of carboxylic acids is 1. The van der Waals surface area contributed by atoms with E-state index in [0.29, 0.717) is 43.2 Å². The van der Waals surface area contributed by atoms with Crippen LogP contribution in [0.3, 0.4) is 0 Å². The predicted molar refractivity (Wildman–Crippen MR) is 130 cm³/mol. The lowest BCUT2D eigenvalue weighted by Crippen LogP contribution is -2.42. The molecular weight excluding hydrogens is 432 g/mol. The molecule has 1 aromatic heterocycles. The van der Waals surface area contributed by atoms with Crippen molar-refractivity contribution in [3.8, 4) is 5.75 Å². The van der Waals surface area contributed by atoms with Gasteiger partial charge in [-0.15, -0.1) is 0 Å². The van der Waals surface area contributed by atoms with E-state index in [-0.39, 0.29) is 5.91 Å². The Balaban J connectivity index is 1.68. The molecule has 7 heteroatoms. The molecule has 34 heavy (non-hydrogen) atoms. The fourth-order valence-corrected chi connectivity index (χ4v) is 3.86. The zero-order valence-electron chi connectivity index (χ0n) is 20.0. The number of rotatable bonds is 10. The molecule has 180 valence electrons. The van der Waals surface area contributed by atoms with Gasteiger partial charge < -0.3 is 19.2 Å². The molecule has 1 atom stereocenters. The number of oxazole rings is 1. The maximum absolute atomic E-state index is 12.6. The van der Waals surface area contributed by atoms with Gasteiger partial charge in [0.25, 0.3) is 0 Å². The summed E-state index contributed by atoms with van der Waals surface area (Å²) in [6, 6.07) is 4.40. The standard InChI is InChI=1S/C27H32N2O5/c1-4-6-8-10-24(30)29-15-13-20-11-12-22(17-23(20)25(29)27(31)32)33-16-14-21-18-34-26(28-21)19(3)9-7-5-2/h4,6,8-12,17-18,25H,5,7,13-16H2,1-3H3,(H,31,32)/b6-4+,10-8+,19-9+. The van der Waals surface area contributed by atoms with Crippen LogP contribution in [0, 0.1) is 0 Å². The van der Waals surface area contributed by atoms with E-state index in [9.17, 15) is 14.7 Å². The van der Waals surface area contributed by atoms with Crippen LogP contribution in [0.15, 0.2) is 59.3 Å². The third-order valence-corrected chi connectivity index (χ3v) is 5.66. The van der Waals surface area contributed by atoms with Gasteiger partial charge >= 0.3 is 5.97 Å². The number of hydrogen-bond acceptors (Lipinski definition) is 5. The average molecular weight is 465 g/mol. The molecule has 0 saturated heterocycles. The van der Waals surface area contributed by atoms with Crippen LogP contribution in [0.4, 0.5) is 0 Å². The van der Waals surface area contributed by atoms with Gasteiger partial charge in [0.15, 0.2) is 6.04 Å². The molecule has 0 bridgehead atoms. The van der Waals surface area contributed by atoms with Crippen molar-refractivity contribution in [1.29, 1.82) is 0 Å². The summed E-state index contributed by atoms with van der Waals surface area (Å²) in [5, 5.41) is 9.90. The first kappa shape index (κ1) is 25.0. The molecular formula is C27H32N2O5. The van der Waals surface area contributed by atoms with Crippen molar-refractivity contribution < 1.29 is 23.8 Å². The number of carbonyl (C=O) groups excluding carboxylic acids is 1. The zero-order chi connectivity index (χ0) is 24.5. The van der Waals surface area contributed by atoms with Crippen LogP contribution in [0.1, 0.15) is 62.4 Å². The second-order valence-corrected chi connectivity index (χ2v) is 8.19. The number of carboxylic acid groups (broad SMARTS) is 1. The maximum Gasteiger partial charge on any atom is 0.331 e. The molecule has 0 spiro atoms. The number of nitrogens with zero attached hydrogens (tertiary/aromatic N) is 2. The Morgan fingerprint density at radius 2 is 2.15 bits per heavy atom. The molecule has 7 nitrogen and oxygen atoms in total. The molecule has 0 saturated carbocycles.